The lowest BCUT2D eigenvalue weighted by Gasteiger charge is -2.27. The molecule has 0 radical (unpaired) electrons. The third kappa shape index (κ3) is 4.10. The van der Waals surface area contributed by atoms with E-state index in [2.05, 4.69) is 62.7 Å². The number of nitrogens with one attached hydrogen (secondary N) is 2. The zero-order chi connectivity index (χ0) is 20.4. The molecule has 146 valence electrons. The van der Waals surface area contributed by atoms with Crippen LogP contribution >= 0.6 is 0 Å². The molecular weight excluding hydrogens is 364 g/mol. The van der Waals surface area contributed by atoms with Gasteiger partial charge in [0.05, 0.1) is 6.20 Å². The molecule has 0 amide bonds. The summed E-state index contributed by atoms with van der Waals surface area (Å²) >= 11 is 0. The average molecular weight is 386 g/mol. The van der Waals surface area contributed by atoms with Crippen molar-refractivity contribution in [1.29, 1.82) is 5.26 Å². The average Bonchev–Trinajstić information content (AvgIpc) is 2.68. The van der Waals surface area contributed by atoms with Gasteiger partial charge in [0.25, 0.3) is 0 Å². The predicted molar refractivity (Wildman–Crippen MR) is 113 cm³/mol. The first-order valence-corrected chi connectivity index (χ1v) is 9.36. The van der Waals surface area contributed by atoms with Gasteiger partial charge >= 0.3 is 0 Å². The van der Waals surface area contributed by atoms with E-state index in [0.717, 1.165) is 25.2 Å². The number of aryl methyl sites for hydroxylation is 1. The molecule has 4 rings (SSSR count). The Morgan fingerprint density at radius 1 is 1.21 bits per heavy atom. The summed E-state index contributed by atoms with van der Waals surface area (Å²) in [4.78, 5) is 15.3. The molecule has 2 aromatic heterocycles. The van der Waals surface area contributed by atoms with Crippen LogP contribution in [0, 0.1) is 18.3 Å². The van der Waals surface area contributed by atoms with E-state index in [0.29, 0.717) is 29.0 Å². The fourth-order valence-electron chi connectivity index (χ4n) is 3.52. The maximum absolute atomic E-state index is 9.39. The number of hydrogen-bond donors (Lipinski definition) is 3. The first-order chi connectivity index (χ1) is 14.0. The van der Waals surface area contributed by atoms with Crippen LogP contribution in [0.1, 0.15) is 22.3 Å². The smallest absolute Gasteiger partial charge is 0.229 e. The Bertz CT molecular complexity index is 1100. The molecule has 0 aliphatic carbocycles. The van der Waals surface area contributed by atoms with Crippen LogP contribution in [0.5, 0.6) is 0 Å². The minimum absolute atomic E-state index is 0.322. The van der Waals surface area contributed by atoms with E-state index in [-0.39, 0.29) is 0 Å². The highest BCUT2D eigenvalue weighted by molar-refractivity contribution is 5.64. The van der Waals surface area contributed by atoms with Crippen LogP contribution in [0.25, 0.3) is 0 Å². The molecule has 1 aromatic carbocycles. The van der Waals surface area contributed by atoms with Crippen molar-refractivity contribution in [2.75, 3.05) is 30.0 Å². The van der Waals surface area contributed by atoms with Gasteiger partial charge in [-0.05, 0) is 61.3 Å². The SMILES string of the molecule is Cc1cc(Nc2ncc(C#N)c(Nc3cccc(N)n3)n2)cc2c1CCN(C)C2. The van der Waals surface area contributed by atoms with Crippen molar-refractivity contribution in [2.24, 2.45) is 0 Å². The van der Waals surface area contributed by atoms with Crippen LogP contribution in [0.4, 0.5) is 29.1 Å². The molecule has 4 N–H and O–H groups in total. The normalized spacial score (nSPS) is 13.4. The van der Waals surface area contributed by atoms with E-state index in [1.54, 1.807) is 18.2 Å². The number of hydrogen-bond acceptors (Lipinski definition) is 8. The molecule has 0 bridgehead atoms. The number of nitrogens with two attached hydrogens (primary N) is 1. The van der Waals surface area contributed by atoms with E-state index in [4.69, 9.17) is 5.73 Å². The van der Waals surface area contributed by atoms with Crippen molar-refractivity contribution >= 4 is 29.1 Å². The second kappa shape index (κ2) is 7.73. The Kier molecular flexibility index (Phi) is 4.97. The van der Waals surface area contributed by atoms with Gasteiger partial charge in [0.1, 0.15) is 23.3 Å². The van der Waals surface area contributed by atoms with Gasteiger partial charge < -0.3 is 21.3 Å². The molecule has 0 atom stereocenters. The highest BCUT2D eigenvalue weighted by Crippen LogP contribution is 2.27. The number of anilines is 5. The maximum atomic E-state index is 9.39. The molecule has 29 heavy (non-hydrogen) atoms. The van der Waals surface area contributed by atoms with Gasteiger partial charge in [0.2, 0.25) is 5.95 Å². The van der Waals surface area contributed by atoms with Crippen LogP contribution < -0.4 is 16.4 Å². The lowest BCUT2D eigenvalue weighted by molar-refractivity contribution is 0.312. The molecule has 0 saturated heterocycles. The van der Waals surface area contributed by atoms with Crippen molar-refractivity contribution in [3.63, 3.8) is 0 Å². The molecule has 8 nitrogen and oxygen atoms in total. The predicted octanol–water partition coefficient (Wildman–Crippen LogP) is 3.11. The van der Waals surface area contributed by atoms with Crippen LogP contribution in [0.3, 0.4) is 0 Å². The standard InChI is InChI=1S/C21H22N8/c1-13-8-16(9-14-12-29(2)7-6-17(13)14)25-21-24-11-15(10-22)20(28-21)27-19-5-3-4-18(23)26-19/h3-5,8-9,11H,6-7,12H2,1-2H3,(H4,23,24,25,26,27,28). The summed E-state index contributed by atoms with van der Waals surface area (Å²) in [7, 11) is 2.13. The molecule has 1 aliphatic heterocycles. The molecule has 1 aliphatic rings. The zero-order valence-electron chi connectivity index (χ0n) is 16.4. The van der Waals surface area contributed by atoms with Gasteiger partial charge in [-0.2, -0.15) is 10.2 Å². The highest BCUT2D eigenvalue weighted by atomic mass is 15.2. The van der Waals surface area contributed by atoms with E-state index in [9.17, 15) is 5.26 Å². The third-order valence-electron chi connectivity index (χ3n) is 4.93. The lowest BCUT2D eigenvalue weighted by Crippen LogP contribution is -2.27. The number of aromatic nitrogens is 3. The highest BCUT2D eigenvalue weighted by Gasteiger charge is 2.16. The summed E-state index contributed by atoms with van der Waals surface area (Å²) in [6.45, 7) is 4.13. The van der Waals surface area contributed by atoms with Crippen molar-refractivity contribution < 1.29 is 0 Å². The van der Waals surface area contributed by atoms with Gasteiger partial charge in [0, 0.05) is 18.8 Å². The minimum Gasteiger partial charge on any atom is -0.384 e. The largest absolute Gasteiger partial charge is 0.384 e. The Morgan fingerprint density at radius 2 is 2.07 bits per heavy atom. The number of nitriles is 1. The van der Waals surface area contributed by atoms with Gasteiger partial charge in [-0.25, -0.2) is 9.97 Å². The summed E-state index contributed by atoms with van der Waals surface area (Å²) in [5.74, 6) is 1.67. The summed E-state index contributed by atoms with van der Waals surface area (Å²) in [5, 5.41) is 15.7. The maximum Gasteiger partial charge on any atom is 0.229 e. The van der Waals surface area contributed by atoms with Crippen LogP contribution in [0.15, 0.2) is 36.5 Å². The third-order valence-corrected chi connectivity index (χ3v) is 4.93. The van der Waals surface area contributed by atoms with E-state index >= 15 is 0 Å². The molecule has 8 heteroatoms. The summed E-state index contributed by atoms with van der Waals surface area (Å²) in [6, 6.07) is 11.6. The summed E-state index contributed by atoms with van der Waals surface area (Å²) in [5.41, 5.74) is 11.0. The van der Waals surface area contributed by atoms with E-state index < -0.39 is 0 Å². The van der Waals surface area contributed by atoms with Crippen LogP contribution in [-0.2, 0) is 13.0 Å². The van der Waals surface area contributed by atoms with Gasteiger partial charge in [0.15, 0.2) is 5.82 Å². The first-order valence-electron chi connectivity index (χ1n) is 9.36. The number of rotatable bonds is 4. The first kappa shape index (κ1) is 18.7. The van der Waals surface area contributed by atoms with Gasteiger partial charge in [-0.15, -0.1) is 0 Å². The van der Waals surface area contributed by atoms with Crippen molar-refractivity contribution in [3.8, 4) is 6.07 Å². The van der Waals surface area contributed by atoms with Gasteiger partial charge in [-0.3, -0.25) is 0 Å². The zero-order valence-corrected chi connectivity index (χ0v) is 16.4. The quantitative estimate of drug-likeness (QED) is 0.626. The molecule has 3 aromatic rings. The van der Waals surface area contributed by atoms with E-state index in [1.165, 1.54) is 22.9 Å². The summed E-state index contributed by atoms with van der Waals surface area (Å²) < 4.78 is 0. The minimum atomic E-state index is 0.322. The van der Waals surface area contributed by atoms with Crippen molar-refractivity contribution in [2.45, 2.75) is 19.9 Å². The fraction of sp³-hybridized carbons (Fsp3) is 0.238. The van der Waals surface area contributed by atoms with E-state index in [1.807, 2.05) is 0 Å². The number of likely N-dealkylation sites (N-methyl/N-ethyl adjacent to an activating group) is 1. The molecular formula is C21H22N8. The summed E-state index contributed by atoms with van der Waals surface area (Å²) in [6.07, 6.45) is 2.55. The Morgan fingerprint density at radius 3 is 2.86 bits per heavy atom. The second-order valence-corrected chi connectivity index (χ2v) is 7.18. The number of benzene rings is 1. The van der Waals surface area contributed by atoms with Crippen LogP contribution in [0.2, 0.25) is 0 Å². The molecule has 0 fully saturated rings. The van der Waals surface area contributed by atoms with Crippen LogP contribution in [-0.4, -0.2) is 33.4 Å². The lowest BCUT2D eigenvalue weighted by atomic mass is 9.94. The molecule has 0 unspecified atom stereocenters. The Hall–Kier alpha value is -3.70. The second-order valence-electron chi connectivity index (χ2n) is 7.18. The molecule has 0 saturated carbocycles. The monoisotopic (exact) mass is 386 g/mol. The van der Waals surface area contributed by atoms with Gasteiger partial charge in [-0.1, -0.05) is 6.07 Å². The number of fused-ring (bicyclic) bond motifs is 1. The Labute approximate surface area is 169 Å². The fourth-order valence-corrected chi connectivity index (χ4v) is 3.52. The molecule has 0 spiro atoms. The number of nitrogens with zero attached hydrogens (tertiary/aromatic N) is 5. The Balaban J connectivity index is 1.62. The number of pyridine rings is 1. The van der Waals surface area contributed by atoms with Crippen molar-refractivity contribution in [1.82, 2.24) is 19.9 Å². The topological polar surface area (TPSA) is 116 Å². The van der Waals surface area contributed by atoms with Crippen molar-refractivity contribution in [3.05, 3.63) is 58.8 Å². The molecule has 3 heterocycles. The number of nitrogen functional groups attached to an aromatic ring is 1.